The first-order valence-electron chi connectivity index (χ1n) is 10.8. The summed E-state index contributed by atoms with van der Waals surface area (Å²) in [7, 11) is 1.41. The molecule has 0 bridgehead atoms. The minimum absolute atomic E-state index is 0.242. The summed E-state index contributed by atoms with van der Waals surface area (Å²) in [6.07, 6.45) is -3.58. The molecule has 1 aliphatic heterocycles. The largest absolute Gasteiger partial charge is 0.493 e. The summed E-state index contributed by atoms with van der Waals surface area (Å²) in [5.41, 5.74) is -0.936. The van der Waals surface area contributed by atoms with Gasteiger partial charge in [-0.05, 0) is 63.5 Å². The molecular formula is C26H17BrClF3N2O5. The van der Waals surface area contributed by atoms with E-state index in [0.29, 0.717) is 32.8 Å². The van der Waals surface area contributed by atoms with Gasteiger partial charge < -0.3 is 9.47 Å². The predicted octanol–water partition coefficient (Wildman–Crippen LogP) is 6.38. The number of alkyl halides is 3. The van der Waals surface area contributed by atoms with E-state index in [1.807, 2.05) is 35.6 Å². The summed E-state index contributed by atoms with van der Waals surface area (Å²) >= 11 is 9.42. The van der Waals surface area contributed by atoms with Crippen LogP contribution in [0.5, 0.6) is 11.5 Å². The Bertz CT molecular complexity index is 1460. The molecule has 3 aromatic carbocycles. The van der Waals surface area contributed by atoms with Crippen LogP contribution in [0.4, 0.5) is 23.7 Å². The van der Waals surface area contributed by atoms with Crippen molar-refractivity contribution >= 4 is 57.1 Å². The van der Waals surface area contributed by atoms with Crippen molar-refractivity contribution in [2.45, 2.75) is 12.8 Å². The summed E-state index contributed by atoms with van der Waals surface area (Å²) in [6, 6.07) is 13.4. The number of nitrogens with one attached hydrogen (secondary N) is 1. The topological polar surface area (TPSA) is 84.9 Å². The number of urea groups is 1. The molecule has 0 radical (unpaired) electrons. The van der Waals surface area contributed by atoms with Crippen molar-refractivity contribution in [1.82, 2.24) is 5.32 Å². The fourth-order valence-electron chi connectivity index (χ4n) is 3.60. The second-order valence-corrected chi connectivity index (χ2v) is 9.19. The summed E-state index contributed by atoms with van der Waals surface area (Å²) in [5, 5.41) is 1.67. The van der Waals surface area contributed by atoms with Gasteiger partial charge in [0.15, 0.2) is 11.5 Å². The van der Waals surface area contributed by atoms with Crippen molar-refractivity contribution < 1.29 is 37.0 Å². The van der Waals surface area contributed by atoms with Crippen LogP contribution in [0.3, 0.4) is 0 Å². The zero-order valence-electron chi connectivity index (χ0n) is 19.4. The molecule has 0 spiro atoms. The normalized spacial score (nSPS) is 15.1. The first-order chi connectivity index (χ1) is 18.0. The van der Waals surface area contributed by atoms with Crippen LogP contribution in [0, 0.1) is 0 Å². The number of carbonyl (C=O) groups is 3. The van der Waals surface area contributed by atoms with Gasteiger partial charge in [-0.2, -0.15) is 13.2 Å². The van der Waals surface area contributed by atoms with Crippen molar-refractivity contribution in [2.24, 2.45) is 0 Å². The summed E-state index contributed by atoms with van der Waals surface area (Å²) in [5.74, 6) is -1.54. The Balaban J connectivity index is 1.69. The Morgan fingerprint density at radius 2 is 1.76 bits per heavy atom. The number of ether oxygens (including phenoxy) is 2. The highest BCUT2D eigenvalue weighted by Crippen LogP contribution is 2.39. The molecule has 0 atom stereocenters. The molecule has 4 amide bonds. The van der Waals surface area contributed by atoms with Crippen LogP contribution in [-0.2, 0) is 22.4 Å². The molecule has 0 saturated carbocycles. The highest BCUT2D eigenvalue weighted by Gasteiger charge is 2.39. The standard InChI is InChI=1S/C26H17BrClF3N2O5/c1-37-21-11-15(10-18(27)22(21)38-13-14-5-3-2-4-6-14)9-17-23(34)32-25(36)33(24(17)35)20-12-16(26(29,30)31)7-8-19(20)28/h2-12H,13H2,1H3,(H,32,34,36)/b17-9+. The third-order valence-electron chi connectivity index (χ3n) is 5.40. The monoisotopic (exact) mass is 608 g/mol. The number of benzene rings is 3. The molecule has 0 aromatic heterocycles. The van der Waals surface area contributed by atoms with E-state index in [1.54, 1.807) is 6.07 Å². The van der Waals surface area contributed by atoms with Gasteiger partial charge in [-0.25, -0.2) is 9.69 Å². The van der Waals surface area contributed by atoms with Gasteiger partial charge in [-0.3, -0.25) is 14.9 Å². The molecule has 12 heteroatoms. The van der Waals surface area contributed by atoms with E-state index >= 15 is 0 Å². The average molecular weight is 610 g/mol. The van der Waals surface area contributed by atoms with E-state index < -0.39 is 40.8 Å². The maximum absolute atomic E-state index is 13.2. The maximum Gasteiger partial charge on any atom is 0.416 e. The molecule has 1 saturated heterocycles. The van der Waals surface area contributed by atoms with Crippen LogP contribution < -0.4 is 19.7 Å². The van der Waals surface area contributed by atoms with E-state index in [2.05, 4.69) is 15.9 Å². The van der Waals surface area contributed by atoms with Gasteiger partial charge in [0.2, 0.25) is 0 Å². The molecule has 1 aliphatic rings. The van der Waals surface area contributed by atoms with Crippen molar-refractivity contribution in [2.75, 3.05) is 12.0 Å². The molecule has 7 nitrogen and oxygen atoms in total. The summed E-state index contributed by atoms with van der Waals surface area (Å²) in [4.78, 5) is 38.6. The Kier molecular flexibility index (Phi) is 7.79. The third-order valence-corrected chi connectivity index (χ3v) is 6.31. The summed E-state index contributed by atoms with van der Waals surface area (Å²) in [6.45, 7) is 0.242. The Labute approximate surface area is 227 Å². The van der Waals surface area contributed by atoms with Crippen LogP contribution in [0.25, 0.3) is 6.08 Å². The van der Waals surface area contributed by atoms with Crippen molar-refractivity contribution in [1.29, 1.82) is 0 Å². The fourth-order valence-corrected chi connectivity index (χ4v) is 4.37. The SMILES string of the molecule is COc1cc(/C=C2\C(=O)NC(=O)N(c3cc(C(F)(F)F)ccc3Cl)C2=O)cc(Br)c1OCc1ccccc1. The molecule has 38 heavy (non-hydrogen) atoms. The fraction of sp³-hybridized carbons (Fsp3) is 0.115. The van der Waals surface area contributed by atoms with Gasteiger partial charge in [0, 0.05) is 0 Å². The number of imide groups is 2. The van der Waals surface area contributed by atoms with E-state index in [0.717, 1.165) is 11.6 Å². The van der Waals surface area contributed by atoms with Crippen molar-refractivity contribution in [3.05, 3.63) is 92.4 Å². The lowest BCUT2D eigenvalue weighted by atomic mass is 10.1. The molecule has 3 aromatic rings. The summed E-state index contributed by atoms with van der Waals surface area (Å²) < 4.78 is 51.4. The zero-order valence-corrected chi connectivity index (χ0v) is 21.8. The Morgan fingerprint density at radius 3 is 2.42 bits per heavy atom. The van der Waals surface area contributed by atoms with Gasteiger partial charge in [0.1, 0.15) is 12.2 Å². The van der Waals surface area contributed by atoms with Crippen LogP contribution in [-0.4, -0.2) is 25.0 Å². The number of hydrogen-bond donors (Lipinski definition) is 1. The first-order valence-corrected chi connectivity index (χ1v) is 12.0. The molecule has 1 N–H and O–H groups in total. The van der Waals surface area contributed by atoms with Gasteiger partial charge >= 0.3 is 12.2 Å². The van der Waals surface area contributed by atoms with E-state index in [4.69, 9.17) is 21.1 Å². The average Bonchev–Trinajstić information content (AvgIpc) is 2.86. The third kappa shape index (κ3) is 5.68. The lowest BCUT2D eigenvalue weighted by molar-refractivity contribution is -0.137. The van der Waals surface area contributed by atoms with Gasteiger partial charge in [0.05, 0.1) is 27.9 Å². The molecule has 1 heterocycles. The molecule has 196 valence electrons. The first kappa shape index (κ1) is 27.2. The molecule has 0 unspecified atom stereocenters. The minimum atomic E-state index is -4.75. The number of methoxy groups -OCH3 is 1. The van der Waals surface area contributed by atoms with Gasteiger partial charge in [0.25, 0.3) is 11.8 Å². The second kappa shape index (κ2) is 10.9. The number of nitrogens with zero attached hydrogens (tertiary/aromatic N) is 1. The molecule has 0 aliphatic carbocycles. The van der Waals surface area contributed by atoms with Gasteiger partial charge in [-0.1, -0.05) is 41.9 Å². The molecular weight excluding hydrogens is 593 g/mol. The number of rotatable bonds is 6. The number of halogens is 5. The lowest BCUT2D eigenvalue weighted by Crippen LogP contribution is -2.54. The van der Waals surface area contributed by atoms with E-state index in [9.17, 15) is 27.6 Å². The van der Waals surface area contributed by atoms with Crippen molar-refractivity contribution in [3.8, 4) is 11.5 Å². The Hall–Kier alpha value is -3.83. The van der Waals surface area contributed by atoms with E-state index in [-0.39, 0.29) is 17.4 Å². The predicted molar refractivity (Wildman–Crippen MR) is 137 cm³/mol. The van der Waals surface area contributed by atoms with Crippen molar-refractivity contribution in [3.63, 3.8) is 0 Å². The number of hydrogen-bond acceptors (Lipinski definition) is 5. The van der Waals surface area contributed by atoms with Crippen LogP contribution in [0.1, 0.15) is 16.7 Å². The molecule has 4 rings (SSSR count). The number of carbonyl (C=O) groups excluding carboxylic acids is 3. The van der Waals surface area contributed by atoms with Gasteiger partial charge in [-0.15, -0.1) is 0 Å². The zero-order chi connectivity index (χ0) is 27.6. The number of anilines is 1. The minimum Gasteiger partial charge on any atom is -0.493 e. The van der Waals surface area contributed by atoms with Crippen LogP contribution >= 0.6 is 27.5 Å². The highest BCUT2D eigenvalue weighted by atomic mass is 79.9. The Morgan fingerprint density at radius 1 is 1.05 bits per heavy atom. The van der Waals surface area contributed by atoms with E-state index in [1.165, 1.54) is 19.3 Å². The maximum atomic E-state index is 13.2. The quantitative estimate of drug-likeness (QED) is 0.259. The molecule has 1 fully saturated rings. The number of barbiturate groups is 1. The van der Waals surface area contributed by atoms with Crippen LogP contribution in [0.15, 0.2) is 70.7 Å². The highest BCUT2D eigenvalue weighted by molar-refractivity contribution is 9.10. The lowest BCUT2D eigenvalue weighted by Gasteiger charge is -2.27. The number of amides is 4. The smallest absolute Gasteiger partial charge is 0.416 e. The second-order valence-electron chi connectivity index (χ2n) is 7.93. The van der Waals surface area contributed by atoms with Crippen LogP contribution in [0.2, 0.25) is 5.02 Å².